The molecular weight excluding hydrogens is 272 g/mol. The third-order valence-electron chi connectivity index (χ3n) is 3.24. The highest BCUT2D eigenvalue weighted by Crippen LogP contribution is 2.24. The second kappa shape index (κ2) is 5.83. The molecular formula is C16H13F2N3. The molecule has 0 atom stereocenters. The minimum Gasteiger partial charge on any atom is -0.369 e. The Morgan fingerprint density at radius 2 is 1.67 bits per heavy atom. The lowest BCUT2D eigenvalue weighted by Gasteiger charge is -2.09. The minimum atomic E-state index is -0.556. The van der Waals surface area contributed by atoms with Gasteiger partial charge in [-0.15, -0.1) is 0 Å². The van der Waals surface area contributed by atoms with Crippen LogP contribution in [0.5, 0.6) is 0 Å². The second-order valence-corrected chi connectivity index (χ2v) is 4.64. The van der Waals surface area contributed by atoms with E-state index in [1.807, 2.05) is 30.3 Å². The highest BCUT2D eigenvalue weighted by Gasteiger charge is 2.12. The molecule has 0 saturated carbocycles. The molecule has 3 nitrogen and oxygen atoms in total. The monoisotopic (exact) mass is 285 g/mol. The van der Waals surface area contributed by atoms with Crippen molar-refractivity contribution < 1.29 is 8.78 Å². The van der Waals surface area contributed by atoms with Crippen molar-refractivity contribution in [3.05, 3.63) is 66.0 Å². The molecule has 0 radical (unpaired) electrons. The maximum absolute atomic E-state index is 13.9. The maximum Gasteiger partial charge on any atom is 0.149 e. The molecule has 106 valence electrons. The molecule has 21 heavy (non-hydrogen) atoms. The number of aromatic nitrogens is 2. The molecule has 0 aliphatic rings. The van der Waals surface area contributed by atoms with Crippen LogP contribution < -0.4 is 5.32 Å². The summed E-state index contributed by atoms with van der Waals surface area (Å²) in [4.78, 5) is 7.81. The zero-order valence-corrected chi connectivity index (χ0v) is 11.2. The number of hydrogen-bond acceptors (Lipinski definition) is 3. The summed E-state index contributed by atoms with van der Waals surface area (Å²) in [5, 5.41) is 3.13. The van der Waals surface area contributed by atoms with Gasteiger partial charge in [-0.1, -0.05) is 30.3 Å². The van der Waals surface area contributed by atoms with Gasteiger partial charge < -0.3 is 5.32 Å². The average molecular weight is 285 g/mol. The summed E-state index contributed by atoms with van der Waals surface area (Å²) in [7, 11) is 0. The van der Waals surface area contributed by atoms with Crippen LogP contribution in [0.1, 0.15) is 5.56 Å². The fourth-order valence-corrected chi connectivity index (χ4v) is 2.21. The predicted molar refractivity (Wildman–Crippen MR) is 78.1 cm³/mol. The predicted octanol–water partition coefficient (Wildman–Crippen LogP) is 3.56. The molecule has 2 aromatic carbocycles. The highest BCUT2D eigenvalue weighted by molar-refractivity contribution is 5.89. The van der Waals surface area contributed by atoms with Crippen LogP contribution in [0.3, 0.4) is 0 Å². The van der Waals surface area contributed by atoms with Gasteiger partial charge in [0.2, 0.25) is 0 Å². The van der Waals surface area contributed by atoms with Gasteiger partial charge in [-0.2, -0.15) is 0 Å². The third kappa shape index (κ3) is 2.81. The largest absolute Gasteiger partial charge is 0.369 e. The Hall–Kier alpha value is -2.56. The lowest BCUT2D eigenvalue weighted by Crippen LogP contribution is -2.08. The van der Waals surface area contributed by atoms with E-state index in [-0.39, 0.29) is 10.9 Å². The summed E-state index contributed by atoms with van der Waals surface area (Å²) in [5.74, 6) is -0.776. The van der Waals surface area contributed by atoms with E-state index in [0.717, 1.165) is 24.1 Å². The smallest absolute Gasteiger partial charge is 0.149 e. The van der Waals surface area contributed by atoms with Gasteiger partial charge in [0.05, 0.1) is 5.39 Å². The van der Waals surface area contributed by atoms with Gasteiger partial charge in [0.1, 0.15) is 29.3 Å². The fourth-order valence-electron chi connectivity index (χ4n) is 2.21. The van der Waals surface area contributed by atoms with E-state index in [4.69, 9.17) is 0 Å². The molecule has 0 fully saturated rings. The summed E-state index contributed by atoms with van der Waals surface area (Å²) in [6.45, 7) is 0.575. The first-order chi connectivity index (χ1) is 10.3. The van der Waals surface area contributed by atoms with Crippen LogP contribution in [-0.2, 0) is 6.42 Å². The molecule has 0 amide bonds. The highest BCUT2D eigenvalue weighted by atomic mass is 19.1. The number of hydrogen-bond donors (Lipinski definition) is 1. The fraction of sp³-hybridized carbons (Fsp3) is 0.125. The number of benzene rings is 2. The molecule has 5 heteroatoms. The second-order valence-electron chi connectivity index (χ2n) is 4.64. The van der Waals surface area contributed by atoms with Crippen LogP contribution >= 0.6 is 0 Å². The lowest BCUT2D eigenvalue weighted by molar-refractivity contribution is 0.615. The van der Waals surface area contributed by atoms with Crippen molar-refractivity contribution in [3.8, 4) is 0 Å². The Morgan fingerprint density at radius 3 is 2.48 bits per heavy atom. The molecule has 3 rings (SSSR count). The van der Waals surface area contributed by atoms with Crippen LogP contribution in [0.15, 0.2) is 48.8 Å². The first-order valence-electron chi connectivity index (χ1n) is 6.62. The lowest BCUT2D eigenvalue weighted by atomic mass is 10.1. The Bertz CT molecular complexity index is 760. The Morgan fingerprint density at radius 1 is 0.905 bits per heavy atom. The van der Waals surface area contributed by atoms with E-state index < -0.39 is 11.6 Å². The van der Waals surface area contributed by atoms with Crippen molar-refractivity contribution in [1.82, 2.24) is 9.97 Å². The summed E-state index contributed by atoms with van der Waals surface area (Å²) in [6.07, 6.45) is 2.00. The van der Waals surface area contributed by atoms with E-state index in [0.29, 0.717) is 12.4 Å². The summed E-state index contributed by atoms with van der Waals surface area (Å²) in [5.41, 5.74) is 1.15. The van der Waals surface area contributed by atoms with Gasteiger partial charge in [0.15, 0.2) is 0 Å². The van der Waals surface area contributed by atoms with Crippen molar-refractivity contribution in [2.75, 3.05) is 11.9 Å². The SMILES string of the molecule is Fc1ccc(F)c2c(NCCc3ccccc3)ncnc12. The summed E-state index contributed by atoms with van der Waals surface area (Å²) >= 11 is 0. The molecule has 0 aliphatic heterocycles. The normalized spacial score (nSPS) is 10.8. The molecule has 0 spiro atoms. The maximum atomic E-state index is 13.9. The topological polar surface area (TPSA) is 37.8 Å². The summed E-state index contributed by atoms with van der Waals surface area (Å²) < 4.78 is 27.5. The molecule has 0 aliphatic carbocycles. The van der Waals surface area contributed by atoms with Gasteiger partial charge in [0, 0.05) is 6.54 Å². The first-order valence-corrected chi connectivity index (χ1v) is 6.62. The Balaban J connectivity index is 1.83. The van der Waals surface area contributed by atoms with Crippen LogP contribution in [0.2, 0.25) is 0 Å². The zero-order chi connectivity index (χ0) is 14.7. The summed E-state index contributed by atoms with van der Waals surface area (Å²) in [6, 6.07) is 12.1. The average Bonchev–Trinajstić information content (AvgIpc) is 2.52. The van der Waals surface area contributed by atoms with Crippen LogP contribution in [-0.4, -0.2) is 16.5 Å². The number of anilines is 1. The van der Waals surface area contributed by atoms with E-state index in [1.165, 1.54) is 6.33 Å². The zero-order valence-electron chi connectivity index (χ0n) is 11.2. The third-order valence-corrected chi connectivity index (χ3v) is 3.24. The van der Waals surface area contributed by atoms with Crippen LogP contribution in [0, 0.1) is 11.6 Å². The van der Waals surface area contributed by atoms with Gasteiger partial charge in [-0.05, 0) is 24.1 Å². The minimum absolute atomic E-state index is 0.00721. The number of nitrogens with zero attached hydrogens (tertiary/aromatic N) is 2. The van der Waals surface area contributed by atoms with Gasteiger partial charge >= 0.3 is 0 Å². The standard InChI is InChI=1S/C16H13F2N3/c17-12-6-7-13(18)15-14(12)16(21-10-20-15)19-9-8-11-4-2-1-3-5-11/h1-7,10H,8-9H2,(H,19,20,21). The molecule has 1 heterocycles. The number of halogens is 2. The van der Waals surface area contributed by atoms with Crippen molar-refractivity contribution in [3.63, 3.8) is 0 Å². The van der Waals surface area contributed by atoms with Gasteiger partial charge in [-0.3, -0.25) is 0 Å². The van der Waals surface area contributed by atoms with Crippen molar-refractivity contribution in [2.45, 2.75) is 6.42 Å². The van der Waals surface area contributed by atoms with Gasteiger partial charge in [-0.25, -0.2) is 18.7 Å². The van der Waals surface area contributed by atoms with E-state index in [1.54, 1.807) is 0 Å². The van der Waals surface area contributed by atoms with E-state index in [9.17, 15) is 8.78 Å². The Labute approximate surface area is 120 Å². The quantitative estimate of drug-likeness (QED) is 0.796. The van der Waals surface area contributed by atoms with Gasteiger partial charge in [0.25, 0.3) is 0 Å². The van der Waals surface area contributed by atoms with Crippen molar-refractivity contribution in [2.24, 2.45) is 0 Å². The van der Waals surface area contributed by atoms with Crippen LogP contribution in [0.25, 0.3) is 10.9 Å². The molecule has 1 N–H and O–H groups in total. The molecule has 1 aromatic heterocycles. The number of rotatable bonds is 4. The van der Waals surface area contributed by atoms with Crippen molar-refractivity contribution >= 4 is 16.7 Å². The molecule has 3 aromatic rings. The van der Waals surface area contributed by atoms with E-state index >= 15 is 0 Å². The number of fused-ring (bicyclic) bond motifs is 1. The molecule has 0 unspecified atom stereocenters. The molecule has 0 bridgehead atoms. The first kappa shape index (κ1) is 13.4. The van der Waals surface area contributed by atoms with Crippen LogP contribution in [0.4, 0.5) is 14.6 Å². The van der Waals surface area contributed by atoms with Crippen molar-refractivity contribution in [1.29, 1.82) is 0 Å². The Kier molecular flexibility index (Phi) is 3.73. The van der Waals surface area contributed by atoms with E-state index in [2.05, 4.69) is 15.3 Å². The molecule has 0 saturated heterocycles. The number of nitrogens with one attached hydrogen (secondary N) is 1.